The van der Waals surface area contributed by atoms with Gasteiger partial charge in [-0.2, -0.15) is 27.0 Å². The molecule has 0 unspecified atom stereocenters. The number of carbonyl (C=O) groups excluding carboxylic acids is 1. The van der Waals surface area contributed by atoms with Crippen molar-refractivity contribution in [3.8, 4) is 0 Å². The minimum atomic E-state index is -4.04. The second-order valence-corrected chi connectivity index (χ2v) is 14.4. The second-order valence-electron chi connectivity index (χ2n) is 11.1. The zero-order chi connectivity index (χ0) is 30.1. The molecular weight excluding hydrogens is 566 g/mol. The Kier molecular flexibility index (Phi) is 8.33. The molecule has 1 amide bonds. The number of piperidine rings is 1. The summed E-state index contributed by atoms with van der Waals surface area (Å²) in [5.74, 6) is 0. The average molecular weight is 602 g/mol. The zero-order valence-corrected chi connectivity index (χ0v) is 25.3. The number of hydrogen-bond donors (Lipinski definition) is 2. The maximum Gasteiger partial charge on any atom is 0.410 e. The molecule has 13 heteroatoms. The number of amides is 1. The molecule has 220 valence electrons. The third-order valence-electron chi connectivity index (χ3n) is 6.90. The summed E-state index contributed by atoms with van der Waals surface area (Å²) < 4.78 is 58.2. The molecule has 2 aromatic rings. The summed E-state index contributed by atoms with van der Waals surface area (Å²) in [6, 6.07) is 13.0. The normalized spacial score (nSPS) is 19.1. The summed E-state index contributed by atoms with van der Waals surface area (Å²) in [7, 11) is -8.08. The maximum absolute atomic E-state index is 13.2. The zero-order valence-electron chi connectivity index (χ0n) is 23.7. The number of allylic oxidation sites excluding steroid dienone is 2. The minimum Gasteiger partial charge on any atom is -0.444 e. The highest BCUT2D eigenvalue weighted by Crippen LogP contribution is 2.40. The Morgan fingerprint density at radius 1 is 0.805 bits per heavy atom. The fraction of sp³-hybridized carbons (Fsp3) is 0.393. The summed E-state index contributed by atoms with van der Waals surface area (Å²) in [4.78, 5) is 19.3. The van der Waals surface area contributed by atoms with Crippen molar-refractivity contribution >= 4 is 37.6 Å². The number of nitrogens with zero attached hydrogens (tertiary/aromatic N) is 3. The van der Waals surface area contributed by atoms with Crippen LogP contribution in [0.25, 0.3) is 0 Å². The van der Waals surface area contributed by atoms with Crippen LogP contribution in [0.5, 0.6) is 0 Å². The SMILES string of the molecule is Cc1ccccc1S(=O)(=O)N/N=C1\CN(C(=O)OC(C)(C)C)C/C(=N/NS(=O)(=O)c2ccccc2C)C12CC=CC2. The summed E-state index contributed by atoms with van der Waals surface area (Å²) in [5, 5.41) is 8.67. The van der Waals surface area contributed by atoms with E-state index in [4.69, 9.17) is 4.74 Å². The van der Waals surface area contributed by atoms with Crippen molar-refractivity contribution in [2.45, 2.75) is 62.9 Å². The van der Waals surface area contributed by atoms with E-state index in [0.29, 0.717) is 35.4 Å². The molecule has 11 nitrogen and oxygen atoms in total. The van der Waals surface area contributed by atoms with E-state index in [1.165, 1.54) is 17.0 Å². The first-order valence-corrected chi connectivity index (χ1v) is 16.0. The average Bonchev–Trinajstić information content (AvgIpc) is 3.37. The standard InChI is InChI=1S/C28H35N5O6S2/c1-20-12-6-8-14-22(20)40(35,36)31-29-24-18-33(26(34)39-27(3,4)5)19-25(28(24)16-10-11-17-28)30-32-41(37,38)23-15-9-7-13-21(23)2/h6-15,31-32H,16-19H2,1-5H3/b29-24-,30-25+. The van der Waals surface area contributed by atoms with Crippen molar-refractivity contribution in [2.75, 3.05) is 13.1 Å². The van der Waals surface area contributed by atoms with Crippen LogP contribution >= 0.6 is 0 Å². The van der Waals surface area contributed by atoms with Gasteiger partial charge in [-0.15, -0.1) is 0 Å². The molecule has 2 aromatic carbocycles. The molecule has 1 fully saturated rings. The van der Waals surface area contributed by atoms with E-state index in [-0.39, 0.29) is 22.9 Å². The molecule has 0 bridgehead atoms. The highest BCUT2D eigenvalue weighted by Gasteiger charge is 2.48. The molecule has 1 spiro atoms. The molecule has 1 heterocycles. The molecule has 4 rings (SSSR count). The van der Waals surface area contributed by atoms with Crippen molar-refractivity contribution in [1.82, 2.24) is 14.6 Å². The van der Waals surface area contributed by atoms with E-state index in [1.54, 1.807) is 71.0 Å². The lowest BCUT2D eigenvalue weighted by Crippen LogP contribution is -2.57. The van der Waals surface area contributed by atoms with Crippen LogP contribution in [0.15, 0.2) is 80.7 Å². The Morgan fingerprint density at radius 2 is 1.22 bits per heavy atom. The van der Waals surface area contributed by atoms with Gasteiger partial charge in [-0.1, -0.05) is 48.6 Å². The predicted octanol–water partition coefficient (Wildman–Crippen LogP) is 3.86. The number of rotatable bonds is 6. The van der Waals surface area contributed by atoms with Crippen molar-refractivity contribution in [3.63, 3.8) is 0 Å². The molecule has 0 saturated carbocycles. The highest BCUT2D eigenvalue weighted by atomic mass is 32.2. The minimum absolute atomic E-state index is 0.0452. The first kappa shape index (κ1) is 30.3. The summed E-state index contributed by atoms with van der Waals surface area (Å²) in [5.41, 5.74) is -0.0276. The van der Waals surface area contributed by atoms with Crippen LogP contribution in [-0.4, -0.2) is 57.9 Å². The van der Waals surface area contributed by atoms with Crippen LogP contribution in [0.4, 0.5) is 4.79 Å². The molecule has 2 aliphatic rings. The van der Waals surface area contributed by atoms with E-state index in [9.17, 15) is 21.6 Å². The Bertz CT molecular complexity index is 1530. The van der Waals surface area contributed by atoms with Crippen molar-refractivity contribution in [3.05, 3.63) is 71.8 Å². The highest BCUT2D eigenvalue weighted by molar-refractivity contribution is 7.89. The summed E-state index contributed by atoms with van der Waals surface area (Å²) in [6.45, 7) is 8.46. The number of hydrazone groups is 2. The lowest BCUT2D eigenvalue weighted by atomic mass is 9.73. The van der Waals surface area contributed by atoms with Gasteiger partial charge in [0.25, 0.3) is 20.0 Å². The predicted molar refractivity (Wildman–Crippen MR) is 156 cm³/mol. The fourth-order valence-electron chi connectivity index (χ4n) is 4.80. The molecule has 2 N–H and O–H groups in total. The quantitative estimate of drug-likeness (QED) is 0.380. The second kappa shape index (κ2) is 11.3. The van der Waals surface area contributed by atoms with E-state index in [2.05, 4.69) is 19.9 Å². The summed E-state index contributed by atoms with van der Waals surface area (Å²) in [6.07, 6.45) is 3.93. The number of hydrogen-bond acceptors (Lipinski definition) is 8. The van der Waals surface area contributed by atoms with Gasteiger partial charge in [0.1, 0.15) is 5.60 Å². The smallest absolute Gasteiger partial charge is 0.410 e. The largest absolute Gasteiger partial charge is 0.444 e. The third-order valence-corrected chi connectivity index (χ3v) is 9.64. The van der Waals surface area contributed by atoms with Crippen LogP contribution in [-0.2, 0) is 24.8 Å². The lowest BCUT2D eigenvalue weighted by molar-refractivity contribution is 0.0293. The maximum atomic E-state index is 13.2. The van der Waals surface area contributed by atoms with E-state index >= 15 is 0 Å². The number of carbonyl (C=O) groups is 1. The van der Waals surface area contributed by atoms with E-state index in [1.807, 2.05) is 12.2 Å². The van der Waals surface area contributed by atoms with Crippen LogP contribution in [0, 0.1) is 19.3 Å². The van der Waals surface area contributed by atoms with Gasteiger partial charge in [0.15, 0.2) is 0 Å². The Balaban J connectivity index is 1.76. The number of sulfonamides is 2. The Hall–Kier alpha value is -3.71. The van der Waals surface area contributed by atoms with E-state index < -0.39 is 37.2 Å². The number of likely N-dealkylation sites (tertiary alicyclic amines) is 1. The Labute approximate surface area is 241 Å². The van der Waals surface area contributed by atoms with E-state index in [0.717, 1.165) is 0 Å². The van der Waals surface area contributed by atoms with Crippen LogP contribution < -0.4 is 9.66 Å². The topological polar surface area (TPSA) is 147 Å². The summed E-state index contributed by atoms with van der Waals surface area (Å²) >= 11 is 0. The number of aryl methyl sites for hydroxylation is 2. The van der Waals surface area contributed by atoms with Gasteiger partial charge in [0.05, 0.1) is 39.7 Å². The molecule has 0 aromatic heterocycles. The van der Waals surface area contributed by atoms with Gasteiger partial charge in [-0.3, -0.25) is 4.90 Å². The van der Waals surface area contributed by atoms with Gasteiger partial charge in [-0.25, -0.2) is 14.5 Å². The van der Waals surface area contributed by atoms with Crippen LogP contribution in [0.1, 0.15) is 44.7 Å². The lowest BCUT2D eigenvalue weighted by Gasteiger charge is -2.41. The van der Waals surface area contributed by atoms with Crippen LogP contribution in [0.3, 0.4) is 0 Å². The molecule has 1 aliphatic carbocycles. The van der Waals surface area contributed by atoms with Gasteiger partial charge in [0, 0.05) is 0 Å². The van der Waals surface area contributed by atoms with Gasteiger partial charge >= 0.3 is 6.09 Å². The molecule has 41 heavy (non-hydrogen) atoms. The molecule has 1 aliphatic heterocycles. The number of ether oxygens (including phenoxy) is 1. The van der Waals surface area contributed by atoms with Crippen molar-refractivity contribution < 1.29 is 26.4 Å². The fourth-order valence-corrected chi connectivity index (χ4v) is 6.95. The number of benzene rings is 2. The monoisotopic (exact) mass is 601 g/mol. The third kappa shape index (κ3) is 6.62. The molecular formula is C28H35N5O6S2. The molecule has 1 saturated heterocycles. The van der Waals surface area contributed by atoms with Crippen LogP contribution in [0.2, 0.25) is 0 Å². The number of nitrogens with one attached hydrogen (secondary N) is 2. The molecule has 0 atom stereocenters. The van der Waals surface area contributed by atoms with Crippen molar-refractivity contribution in [1.29, 1.82) is 0 Å². The Morgan fingerprint density at radius 3 is 1.61 bits per heavy atom. The van der Waals surface area contributed by atoms with Gasteiger partial charge in [0.2, 0.25) is 0 Å². The van der Waals surface area contributed by atoms with Crippen molar-refractivity contribution in [2.24, 2.45) is 15.6 Å². The first-order valence-electron chi connectivity index (χ1n) is 13.1. The molecule has 0 radical (unpaired) electrons. The first-order chi connectivity index (χ1) is 19.1. The van der Waals surface area contributed by atoms with Gasteiger partial charge < -0.3 is 4.74 Å². The van der Waals surface area contributed by atoms with Gasteiger partial charge in [-0.05, 0) is 70.7 Å².